The van der Waals surface area contributed by atoms with E-state index in [0.717, 1.165) is 5.46 Å². The van der Waals surface area contributed by atoms with Crippen LogP contribution in [0.4, 0.5) is 0 Å². The van der Waals surface area contributed by atoms with Crippen molar-refractivity contribution in [3.63, 3.8) is 0 Å². The van der Waals surface area contributed by atoms with Gasteiger partial charge in [-0.25, -0.2) is 0 Å². The first kappa shape index (κ1) is 22.1. The van der Waals surface area contributed by atoms with Crippen molar-refractivity contribution >= 4 is 44.9 Å². The van der Waals surface area contributed by atoms with Crippen LogP contribution in [0.5, 0.6) is 0 Å². The zero-order chi connectivity index (χ0) is 22.8. The van der Waals surface area contributed by atoms with Crippen LogP contribution in [0.1, 0.15) is 67.9 Å². The summed E-state index contributed by atoms with van der Waals surface area (Å²) in [6, 6.07) is 18.1. The van der Waals surface area contributed by atoms with Crippen molar-refractivity contribution in [3.8, 4) is 0 Å². The van der Waals surface area contributed by atoms with Gasteiger partial charge in [0.1, 0.15) is 0 Å². The van der Waals surface area contributed by atoms with Crippen LogP contribution in [0.25, 0.3) is 32.3 Å². The van der Waals surface area contributed by atoms with Gasteiger partial charge in [0.15, 0.2) is 0 Å². The molecule has 0 unspecified atom stereocenters. The molecule has 3 heteroatoms. The lowest BCUT2D eigenvalue weighted by atomic mass is 9.74. The van der Waals surface area contributed by atoms with Gasteiger partial charge in [-0.1, -0.05) is 83.1 Å². The number of hydrogen-bond acceptors (Lipinski definition) is 2. The fourth-order valence-corrected chi connectivity index (χ4v) is 4.45. The number of rotatable bonds is 1. The van der Waals surface area contributed by atoms with Crippen LogP contribution >= 0.6 is 0 Å². The molecule has 0 amide bonds. The first-order valence-corrected chi connectivity index (χ1v) is 11.6. The maximum Gasteiger partial charge on any atom is 0.495 e. The molecular weight excluding hydrogens is 379 g/mol. The van der Waals surface area contributed by atoms with Gasteiger partial charge in [0.2, 0.25) is 0 Å². The lowest BCUT2D eigenvalue weighted by molar-refractivity contribution is 0.00578. The maximum absolute atomic E-state index is 6.38. The van der Waals surface area contributed by atoms with Crippen LogP contribution < -0.4 is 5.46 Å². The zero-order valence-corrected chi connectivity index (χ0v) is 20.5. The average Bonchev–Trinajstić information content (AvgIpc) is 2.93. The van der Waals surface area contributed by atoms with E-state index in [9.17, 15) is 0 Å². The van der Waals surface area contributed by atoms with Crippen LogP contribution in [0, 0.1) is 0 Å². The predicted octanol–water partition coefficient (Wildman–Crippen LogP) is 7.21. The van der Waals surface area contributed by atoms with Gasteiger partial charge in [0, 0.05) is 0 Å². The standard InChI is InChI=1S/C26H29BO2.C2H6/c1-24(2,3)19-14-17-9-8-16-11-13-21(27-28-25(4,5)26(6,7)29-27)20-12-10-18(15-19)22(17)23(16)20;1-2/h8-15H,1-7H3;1-2H3. The van der Waals surface area contributed by atoms with Crippen LogP contribution in [0.2, 0.25) is 0 Å². The molecular formula is C28H35BO2. The molecule has 1 aliphatic heterocycles. The molecule has 1 fully saturated rings. The molecule has 2 nitrogen and oxygen atoms in total. The Balaban J connectivity index is 0.00000112. The highest BCUT2D eigenvalue weighted by Gasteiger charge is 2.52. The van der Waals surface area contributed by atoms with Gasteiger partial charge < -0.3 is 9.31 Å². The Bertz CT molecular complexity index is 1210. The van der Waals surface area contributed by atoms with Gasteiger partial charge in [-0.15, -0.1) is 0 Å². The highest BCUT2D eigenvalue weighted by Crippen LogP contribution is 2.40. The van der Waals surface area contributed by atoms with E-state index >= 15 is 0 Å². The Morgan fingerprint density at radius 1 is 0.677 bits per heavy atom. The van der Waals surface area contributed by atoms with Crippen LogP contribution in [0.3, 0.4) is 0 Å². The third kappa shape index (κ3) is 3.43. The first-order valence-electron chi connectivity index (χ1n) is 11.6. The van der Waals surface area contributed by atoms with Crippen molar-refractivity contribution in [1.82, 2.24) is 0 Å². The molecule has 0 radical (unpaired) electrons. The van der Waals surface area contributed by atoms with E-state index in [1.54, 1.807) is 0 Å². The normalized spacial score (nSPS) is 18.0. The second-order valence-corrected chi connectivity index (χ2v) is 10.6. The Morgan fingerprint density at radius 2 is 1.16 bits per heavy atom. The molecule has 1 saturated heterocycles. The van der Waals surface area contributed by atoms with E-state index in [2.05, 4.69) is 97.0 Å². The molecule has 0 aliphatic carbocycles. The summed E-state index contributed by atoms with van der Waals surface area (Å²) in [7, 11) is -0.352. The first-order chi connectivity index (χ1) is 14.5. The molecule has 0 aromatic heterocycles. The molecule has 4 aromatic rings. The monoisotopic (exact) mass is 414 g/mol. The lowest BCUT2D eigenvalue weighted by Gasteiger charge is -2.32. The number of hydrogen-bond donors (Lipinski definition) is 0. The largest absolute Gasteiger partial charge is 0.495 e. The molecule has 4 aromatic carbocycles. The second kappa shape index (κ2) is 7.22. The molecule has 0 saturated carbocycles. The number of benzene rings is 4. The SMILES string of the molecule is CC.CC(C)(C)c1cc2ccc3ccc(B4OC(C)(C)C(C)(C)O4)c4ccc(c1)c2c34. The van der Waals surface area contributed by atoms with E-state index in [-0.39, 0.29) is 23.7 Å². The summed E-state index contributed by atoms with van der Waals surface area (Å²) in [5.74, 6) is 0. The molecule has 1 aliphatic rings. The van der Waals surface area contributed by atoms with Crippen molar-refractivity contribution in [1.29, 1.82) is 0 Å². The molecule has 0 bridgehead atoms. The summed E-state index contributed by atoms with van der Waals surface area (Å²) in [4.78, 5) is 0. The van der Waals surface area contributed by atoms with Crippen molar-refractivity contribution in [3.05, 3.63) is 54.1 Å². The minimum atomic E-state index is -0.352. The summed E-state index contributed by atoms with van der Waals surface area (Å²) >= 11 is 0. The van der Waals surface area contributed by atoms with Crippen molar-refractivity contribution in [2.24, 2.45) is 0 Å². The van der Waals surface area contributed by atoms with E-state index < -0.39 is 0 Å². The second-order valence-electron chi connectivity index (χ2n) is 10.6. The Hall–Kier alpha value is -2.10. The zero-order valence-electron chi connectivity index (χ0n) is 20.5. The molecule has 31 heavy (non-hydrogen) atoms. The highest BCUT2D eigenvalue weighted by atomic mass is 16.7. The minimum Gasteiger partial charge on any atom is -0.399 e. The Morgan fingerprint density at radius 3 is 1.71 bits per heavy atom. The van der Waals surface area contributed by atoms with E-state index in [1.807, 2.05) is 13.8 Å². The third-order valence-electron chi connectivity index (χ3n) is 7.01. The summed E-state index contributed by atoms with van der Waals surface area (Å²) in [5, 5.41) is 7.75. The van der Waals surface area contributed by atoms with Crippen molar-refractivity contribution in [2.75, 3.05) is 0 Å². The van der Waals surface area contributed by atoms with Gasteiger partial charge in [0.25, 0.3) is 0 Å². The van der Waals surface area contributed by atoms with Gasteiger partial charge in [-0.3, -0.25) is 0 Å². The lowest BCUT2D eigenvalue weighted by Crippen LogP contribution is -2.41. The van der Waals surface area contributed by atoms with E-state index in [1.165, 1.54) is 37.9 Å². The van der Waals surface area contributed by atoms with Gasteiger partial charge in [-0.05, 0) is 76.5 Å². The quantitative estimate of drug-likeness (QED) is 0.242. The van der Waals surface area contributed by atoms with Crippen LogP contribution in [0.15, 0.2) is 48.5 Å². The smallest absolute Gasteiger partial charge is 0.399 e. The highest BCUT2D eigenvalue weighted by molar-refractivity contribution is 6.65. The summed E-state index contributed by atoms with van der Waals surface area (Å²) in [6.45, 7) is 19.3. The average molecular weight is 414 g/mol. The van der Waals surface area contributed by atoms with Gasteiger partial charge >= 0.3 is 7.12 Å². The van der Waals surface area contributed by atoms with Gasteiger partial charge in [0.05, 0.1) is 11.2 Å². The molecule has 0 atom stereocenters. The fourth-order valence-electron chi connectivity index (χ4n) is 4.45. The molecule has 5 rings (SSSR count). The van der Waals surface area contributed by atoms with Crippen LogP contribution in [-0.2, 0) is 14.7 Å². The topological polar surface area (TPSA) is 18.5 Å². The predicted molar refractivity (Wildman–Crippen MR) is 136 cm³/mol. The van der Waals surface area contributed by atoms with Gasteiger partial charge in [-0.2, -0.15) is 0 Å². The molecule has 0 spiro atoms. The molecule has 1 heterocycles. The Kier molecular flexibility index (Phi) is 5.15. The van der Waals surface area contributed by atoms with Crippen molar-refractivity contribution < 1.29 is 9.31 Å². The van der Waals surface area contributed by atoms with E-state index in [0.29, 0.717) is 0 Å². The van der Waals surface area contributed by atoms with Crippen LogP contribution in [-0.4, -0.2) is 18.3 Å². The fraction of sp³-hybridized carbons (Fsp3) is 0.429. The van der Waals surface area contributed by atoms with Crippen molar-refractivity contribution in [2.45, 2.75) is 78.9 Å². The minimum absolute atomic E-state index is 0.123. The molecule has 0 N–H and O–H groups in total. The summed E-state index contributed by atoms with van der Waals surface area (Å²) in [6.07, 6.45) is 0. The molecule has 162 valence electrons. The van der Waals surface area contributed by atoms with E-state index in [4.69, 9.17) is 9.31 Å². The Labute approximate surface area is 187 Å². The summed E-state index contributed by atoms with van der Waals surface area (Å²) < 4.78 is 12.8. The summed E-state index contributed by atoms with van der Waals surface area (Å²) in [5.41, 5.74) is 1.92. The maximum atomic E-state index is 6.38. The third-order valence-corrected chi connectivity index (χ3v) is 7.01.